The molecule has 0 unspecified atom stereocenters. The lowest BCUT2D eigenvalue weighted by atomic mass is 10.1. The van der Waals surface area contributed by atoms with Crippen LogP contribution in [0.1, 0.15) is 11.1 Å². The van der Waals surface area contributed by atoms with Gasteiger partial charge in [-0.2, -0.15) is 0 Å². The van der Waals surface area contributed by atoms with Gasteiger partial charge in [-0.05, 0) is 37.4 Å². The summed E-state index contributed by atoms with van der Waals surface area (Å²) in [7, 11) is 1.89. The summed E-state index contributed by atoms with van der Waals surface area (Å²) < 4.78 is 34.1. The molecule has 0 atom stereocenters. The van der Waals surface area contributed by atoms with Crippen LogP contribution in [0.2, 0.25) is 0 Å². The van der Waals surface area contributed by atoms with E-state index in [0.717, 1.165) is 23.1 Å². The summed E-state index contributed by atoms with van der Waals surface area (Å²) >= 11 is 0. The molecule has 0 saturated carbocycles. The summed E-state index contributed by atoms with van der Waals surface area (Å²) in [5.74, 6) is 0.654. The lowest BCUT2D eigenvalue weighted by molar-refractivity contribution is 0.400. The molecule has 6 heteroatoms. The van der Waals surface area contributed by atoms with Gasteiger partial charge in [-0.15, -0.1) is 0 Å². The van der Waals surface area contributed by atoms with Crippen molar-refractivity contribution in [1.29, 1.82) is 0 Å². The van der Waals surface area contributed by atoms with Crippen molar-refractivity contribution in [2.75, 3.05) is 21.2 Å². The quantitative estimate of drug-likeness (QED) is 0.678. The molecule has 0 fully saturated rings. The molecule has 0 aliphatic rings. The van der Waals surface area contributed by atoms with E-state index in [1.54, 1.807) is 25.3 Å². The molecule has 5 nitrogen and oxygen atoms in total. The minimum absolute atomic E-state index is 0.243. The molecule has 27 heavy (non-hydrogen) atoms. The van der Waals surface area contributed by atoms with Gasteiger partial charge in [0.05, 0.1) is 12.0 Å². The smallest absolute Gasteiger partial charge is 0.241 e. The van der Waals surface area contributed by atoms with E-state index in [1.807, 2.05) is 56.6 Å². The zero-order valence-electron chi connectivity index (χ0n) is 15.8. The van der Waals surface area contributed by atoms with Crippen LogP contribution in [-0.4, -0.2) is 34.5 Å². The van der Waals surface area contributed by atoms with Gasteiger partial charge in [-0.1, -0.05) is 48.5 Å². The maximum Gasteiger partial charge on any atom is 0.241 e. The molecular weight excluding hydrogens is 360 g/mol. The summed E-state index contributed by atoms with van der Waals surface area (Å²) in [6.07, 6.45) is 0. The van der Waals surface area contributed by atoms with E-state index in [1.165, 1.54) is 0 Å². The average Bonchev–Trinajstić information content (AvgIpc) is 2.66. The fourth-order valence-electron chi connectivity index (χ4n) is 3.13. The van der Waals surface area contributed by atoms with E-state index >= 15 is 0 Å². The summed E-state index contributed by atoms with van der Waals surface area (Å²) in [5, 5.41) is 1.42. The number of rotatable bonds is 7. The van der Waals surface area contributed by atoms with Crippen LogP contribution in [0.3, 0.4) is 0 Å². The highest BCUT2D eigenvalue weighted by Gasteiger charge is 2.19. The lowest BCUT2D eigenvalue weighted by Gasteiger charge is -2.15. The Balaban J connectivity index is 1.92. The Morgan fingerprint density at radius 1 is 0.889 bits per heavy atom. The van der Waals surface area contributed by atoms with Crippen molar-refractivity contribution >= 4 is 20.8 Å². The molecule has 0 bridgehead atoms. The molecule has 3 aromatic rings. The zero-order valence-corrected chi connectivity index (χ0v) is 16.6. The molecule has 0 amide bonds. The maximum absolute atomic E-state index is 13.0. The fraction of sp³-hybridized carbons (Fsp3) is 0.238. The minimum Gasteiger partial charge on any atom is -0.496 e. The first-order valence-corrected chi connectivity index (χ1v) is 10.2. The first kappa shape index (κ1) is 19.4. The number of fused-ring (bicyclic) bond motifs is 1. The molecular formula is C21H24N2O3S. The highest BCUT2D eigenvalue weighted by atomic mass is 32.2. The number of nitrogens with one attached hydrogen (secondary N) is 1. The van der Waals surface area contributed by atoms with Gasteiger partial charge in [-0.25, -0.2) is 13.1 Å². The van der Waals surface area contributed by atoms with Crippen molar-refractivity contribution in [2.24, 2.45) is 0 Å². The first-order valence-electron chi connectivity index (χ1n) is 8.69. The van der Waals surface area contributed by atoms with Gasteiger partial charge in [0.1, 0.15) is 5.75 Å². The number of methoxy groups -OCH3 is 1. The van der Waals surface area contributed by atoms with Gasteiger partial charge in [0.15, 0.2) is 0 Å². The van der Waals surface area contributed by atoms with Crippen LogP contribution in [0.5, 0.6) is 5.75 Å². The van der Waals surface area contributed by atoms with Gasteiger partial charge < -0.3 is 9.64 Å². The molecule has 0 spiro atoms. The molecule has 3 rings (SSSR count). The monoisotopic (exact) mass is 384 g/mol. The standard InChI is InChI=1S/C21H24N2O3S/c1-23(2)15-17-9-5-4-8-16(17)14-22-27(24,25)21-13-12-20(26-3)18-10-6-7-11-19(18)21/h4-13,22H,14-15H2,1-3H3. The van der Waals surface area contributed by atoms with E-state index in [2.05, 4.69) is 9.62 Å². The predicted molar refractivity (Wildman–Crippen MR) is 108 cm³/mol. The van der Waals surface area contributed by atoms with Gasteiger partial charge in [-0.3, -0.25) is 0 Å². The van der Waals surface area contributed by atoms with Crippen molar-refractivity contribution in [2.45, 2.75) is 18.0 Å². The third-order valence-electron chi connectivity index (χ3n) is 4.41. The van der Waals surface area contributed by atoms with Gasteiger partial charge in [0.2, 0.25) is 10.0 Å². The first-order chi connectivity index (χ1) is 12.9. The van der Waals surface area contributed by atoms with E-state index < -0.39 is 10.0 Å². The Kier molecular flexibility index (Phi) is 5.79. The number of benzene rings is 3. The summed E-state index contributed by atoms with van der Waals surface area (Å²) in [4.78, 5) is 2.31. The van der Waals surface area contributed by atoms with Crippen LogP contribution >= 0.6 is 0 Å². The van der Waals surface area contributed by atoms with Crippen molar-refractivity contribution in [3.8, 4) is 5.75 Å². The molecule has 0 saturated heterocycles. The van der Waals surface area contributed by atoms with Gasteiger partial charge in [0.25, 0.3) is 0 Å². The summed E-state index contributed by atoms with van der Waals surface area (Å²) in [6, 6.07) is 18.5. The van der Waals surface area contributed by atoms with Gasteiger partial charge in [0, 0.05) is 23.9 Å². The second-order valence-corrected chi connectivity index (χ2v) is 8.38. The lowest BCUT2D eigenvalue weighted by Crippen LogP contribution is -2.24. The second kappa shape index (κ2) is 8.08. The molecule has 142 valence electrons. The van der Waals surface area contributed by atoms with Crippen molar-refractivity contribution < 1.29 is 13.2 Å². The highest BCUT2D eigenvalue weighted by molar-refractivity contribution is 7.89. The number of ether oxygens (including phenoxy) is 1. The maximum atomic E-state index is 13.0. The van der Waals surface area contributed by atoms with Crippen molar-refractivity contribution in [1.82, 2.24) is 9.62 Å². The fourth-order valence-corrected chi connectivity index (χ4v) is 4.35. The third-order valence-corrected chi connectivity index (χ3v) is 5.87. The summed E-state index contributed by atoms with van der Waals surface area (Å²) in [6.45, 7) is 0.996. The molecule has 3 aromatic carbocycles. The van der Waals surface area contributed by atoms with E-state index in [9.17, 15) is 8.42 Å². The molecule has 1 N–H and O–H groups in total. The van der Waals surface area contributed by atoms with Crippen molar-refractivity contribution in [3.05, 3.63) is 71.8 Å². The molecule has 0 aromatic heterocycles. The van der Waals surface area contributed by atoms with Crippen LogP contribution in [-0.2, 0) is 23.1 Å². The van der Waals surface area contributed by atoms with E-state index in [4.69, 9.17) is 4.74 Å². The topological polar surface area (TPSA) is 58.6 Å². The average molecular weight is 385 g/mol. The molecule has 0 aliphatic carbocycles. The largest absolute Gasteiger partial charge is 0.496 e. The van der Waals surface area contributed by atoms with Crippen LogP contribution in [0.25, 0.3) is 10.8 Å². The minimum atomic E-state index is -3.67. The number of nitrogens with zero attached hydrogens (tertiary/aromatic N) is 1. The van der Waals surface area contributed by atoms with Gasteiger partial charge >= 0.3 is 0 Å². The van der Waals surface area contributed by atoms with Crippen LogP contribution in [0.15, 0.2) is 65.6 Å². The molecule has 0 heterocycles. The zero-order chi connectivity index (χ0) is 19.4. The third kappa shape index (κ3) is 4.30. The SMILES string of the molecule is COc1ccc(S(=O)(=O)NCc2ccccc2CN(C)C)c2ccccc12. The Morgan fingerprint density at radius 2 is 1.52 bits per heavy atom. The molecule has 0 radical (unpaired) electrons. The Bertz CT molecular complexity index is 1050. The second-order valence-electron chi connectivity index (χ2n) is 6.64. The molecule has 0 aliphatic heterocycles. The van der Waals surface area contributed by atoms with E-state index in [0.29, 0.717) is 11.1 Å². The number of hydrogen-bond acceptors (Lipinski definition) is 4. The number of hydrogen-bond donors (Lipinski definition) is 1. The Hall–Kier alpha value is -2.41. The van der Waals surface area contributed by atoms with Crippen LogP contribution < -0.4 is 9.46 Å². The van der Waals surface area contributed by atoms with Crippen molar-refractivity contribution in [3.63, 3.8) is 0 Å². The Morgan fingerprint density at radius 3 is 2.19 bits per heavy atom. The highest BCUT2D eigenvalue weighted by Crippen LogP contribution is 2.30. The number of sulfonamides is 1. The van der Waals surface area contributed by atoms with Crippen LogP contribution in [0.4, 0.5) is 0 Å². The summed E-state index contributed by atoms with van der Waals surface area (Å²) in [5.41, 5.74) is 2.07. The van der Waals surface area contributed by atoms with Crippen LogP contribution in [0, 0.1) is 0 Å². The Labute approximate surface area is 160 Å². The van der Waals surface area contributed by atoms with E-state index in [-0.39, 0.29) is 11.4 Å². The predicted octanol–water partition coefficient (Wildman–Crippen LogP) is 3.39. The normalized spacial score (nSPS) is 11.9.